The zero-order valence-corrected chi connectivity index (χ0v) is 10.4. The van der Waals surface area contributed by atoms with Gasteiger partial charge in [-0.1, -0.05) is 17.7 Å². The monoisotopic (exact) mass is 265 g/mol. The molecule has 5 heteroatoms. The van der Waals surface area contributed by atoms with Gasteiger partial charge in [-0.15, -0.1) is 0 Å². The first-order valence-corrected chi connectivity index (χ1v) is 6.30. The van der Waals surface area contributed by atoms with Crippen molar-refractivity contribution in [3.63, 3.8) is 0 Å². The van der Waals surface area contributed by atoms with Gasteiger partial charge in [0.05, 0.1) is 10.9 Å². The smallest absolute Gasteiger partial charge is 0.306 e. The second kappa shape index (κ2) is 4.28. The molecule has 1 aromatic heterocycles. The number of carboxylic acid groups (broad SMARTS) is 1. The molecule has 2 unspecified atom stereocenters. The Morgan fingerprint density at radius 2 is 2.28 bits per heavy atom. The van der Waals surface area contributed by atoms with E-state index in [9.17, 15) is 4.79 Å². The van der Waals surface area contributed by atoms with Crippen molar-refractivity contribution in [2.45, 2.75) is 25.2 Å². The highest BCUT2D eigenvalue weighted by atomic mass is 35.5. The van der Waals surface area contributed by atoms with Crippen LogP contribution in [0.4, 0.5) is 0 Å². The van der Waals surface area contributed by atoms with Gasteiger partial charge < -0.3 is 9.52 Å². The molecular weight excluding hydrogens is 254 g/mol. The molecule has 0 amide bonds. The molecule has 0 bridgehead atoms. The molecule has 0 aliphatic heterocycles. The SMILES string of the molecule is O=C(O)C1CCC(c2nc3cccc(Cl)c3o2)C1. The van der Waals surface area contributed by atoms with Gasteiger partial charge in [-0.05, 0) is 31.4 Å². The fourth-order valence-electron chi connectivity index (χ4n) is 2.54. The number of carbonyl (C=O) groups is 1. The third kappa shape index (κ3) is 1.86. The maximum atomic E-state index is 10.9. The van der Waals surface area contributed by atoms with Gasteiger partial charge in [-0.2, -0.15) is 0 Å². The van der Waals surface area contributed by atoms with E-state index in [0.717, 1.165) is 11.9 Å². The van der Waals surface area contributed by atoms with Crippen molar-refractivity contribution in [1.82, 2.24) is 4.98 Å². The number of fused-ring (bicyclic) bond motifs is 1. The topological polar surface area (TPSA) is 63.3 Å². The quantitative estimate of drug-likeness (QED) is 0.903. The van der Waals surface area contributed by atoms with Crippen LogP contribution < -0.4 is 0 Å². The second-order valence-electron chi connectivity index (χ2n) is 4.69. The largest absolute Gasteiger partial charge is 0.481 e. The van der Waals surface area contributed by atoms with E-state index >= 15 is 0 Å². The van der Waals surface area contributed by atoms with Crippen molar-refractivity contribution in [1.29, 1.82) is 0 Å². The molecule has 3 rings (SSSR count). The zero-order valence-electron chi connectivity index (χ0n) is 9.60. The van der Waals surface area contributed by atoms with E-state index in [1.807, 2.05) is 12.1 Å². The summed E-state index contributed by atoms with van der Waals surface area (Å²) in [5.74, 6) is -0.302. The Kier molecular flexibility index (Phi) is 2.74. The maximum absolute atomic E-state index is 10.9. The van der Waals surface area contributed by atoms with Crippen LogP contribution in [-0.2, 0) is 4.79 Å². The number of rotatable bonds is 2. The van der Waals surface area contributed by atoms with Crippen LogP contribution in [0.2, 0.25) is 5.02 Å². The number of carboxylic acids is 1. The van der Waals surface area contributed by atoms with Crippen molar-refractivity contribution >= 4 is 28.7 Å². The Labute approximate surface area is 109 Å². The van der Waals surface area contributed by atoms with Gasteiger partial charge in [-0.25, -0.2) is 4.98 Å². The lowest BCUT2D eigenvalue weighted by atomic mass is 10.1. The Hall–Kier alpha value is -1.55. The van der Waals surface area contributed by atoms with Crippen molar-refractivity contribution < 1.29 is 14.3 Å². The Morgan fingerprint density at radius 3 is 2.94 bits per heavy atom. The minimum absolute atomic E-state index is 0.0922. The van der Waals surface area contributed by atoms with Crippen LogP contribution in [0.3, 0.4) is 0 Å². The summed E-state index contributed by atoms with van der Waals surface area (Å²) in [6.07, 6.45) is 2.09. The summed E-state index contributed by atoms with van der Waals surface area (Å²) in [5, 5.41) is 9.53. The number of aromatic nitrogens is 1. The standard InChI is InChI=1S/C13H12ClNO3/c14-9-2-1-3-10-11(9)18-12(15-10)7-4-5-8(6-7)13(16)17/h1-3,7-8H,4-6H2,(H,16,17). The molecule has 0 saturated heterocycles. The Morgan fingerprint density at radius 1 is 1.44 bits per heavy atom. The van der Waals surface area contributed by atoms with Gasteiger partial charge in [0.25, 0.3) is 0 Å². The number of para-hydroxylation sites is 1. The fourth-order valence-corrected chi connectivity index (χ4v) is 2.75. The molecule has 1 aliphatic carbocycles. The first-order valence-electron chi connectivity index (χ1n) is 5.93. The van der Waals surface area contributed by atoms with Crippen LogP contribution in [0, 0.1) is 5.92 Å². The van der Waals surface area contributed by atoms with Gasteiger partial charge in [0.15, 0.2) is 11.5 Å². The van der Waals surface area contributed by atoms with Crippen LogP contribution in [0.15, 0.2) is 22.6 Å². The highest BCUT2D eigenvalue weighted by Crippen LogP contribution is 2.39. The van der Waals surface area contributed by atoms with Crippen LogP contribution in [0.5, 0.6) is 0 Å². The number of hydrogen-bond donors (Lipinski definition) is 1. The van der Waals surface area contributed by atoms with E-state index in [1.54, 1.807) is 6.07 Å². The van der Waals surface area contributed by atoms with Crippen LogP contribution >= 0.6 is 11.6 Å². The molecule has 2 atom stereocenters. The average Bonchev–Trinajstić information content (AvgIpc) is 2.95. The lowest BCUT2D eigenvalue weighted by molar-refractivity contribution is -0.141. The number of hydrogen-bond acceptors (Lipinski definition) is 3. The van der Waals surface area contributed by atoms with E-state index in [4.69, 9.17) is 21.1 Å². The summed E-state index contributed by atoms with van der Waals surface area (Å²) in [4.78, 5) is 15.3. The average molecular weight is 266 g/mol. The van der Waals surface area contributed by atoms with E-state index in [1.165, 1.54) is 0 Å². The van der Waals surface area contributed by atoms with Crippen LogP contribution in [-0.4, -0.2) is 16.1 Å². The normalized spacial score (nSPS) is 23.6. The second-order valence-corrected chi connectivity index (χ2v) is 5.09. The third-order valence-electron chi connectivity index (χ3n) is 3.51. The van der Waals surface area contributed by atoms with Gasteiger partial charge >= 0.3 is 5.97 Å². The molecule has 1 aliphatic rings. The van der Waals surface area contributed by atoms with E-state index < -0.39 is 5.97 Å². The highest BCUT2D eigenvalue weighted by Gasteiger charge is 2.33. The van der Waals surface area contributed by atoms with Gasteiger partial charge in [0, 0.05) is 5.92 Å². The van der Waals surface area contributed by atoms with Crippen LogP contribution in [0.25, 0.3) is 11.1 Å². The molecule has 4 nitrogen and oxygen atoms in total. The molecule has 0 radical (unpaired) electrons. The molecule has 1 fully saturated rings. The first-order chi connectivity index (χ1) is 8.65. The molecule has 1 N–H and O–H groups in total. The minimum atomic E-state index is -0.730. The van der Waals surface area contributed by atoms with E-state index in [0.29, 0.717) is 29.3 Å². The first kappa shape index (κ1) is 11.5. The van der Waals surface area contributed by atoms with Crippen molar-refractivity contribution in [3.8, 4) is 0 Å². The molecule has 94 valence electrons. The fraction of sp³-hybridized carbons (Fsp3) is 0.385. The summed E-state index contributed by atoms with van der Waals surface area (Å²) in [6.45, 7) is 0. The number of oxazole rings is 1. The van der Waals surface area contributed by atoms with Crippen molar-refractivity contribution in [2.24, 2.45) is 5.92 Å². The predicted molar refractivity (Wildman–Crippen MR) is 66.7 cm³/mol. The Bertz CT molecular complexity index is 607. The molecular formula is C13H12ClNO3. The lowest BCUT2D eigenvalue weighted by Gasteiger charge is -2.03. The van der Waals surface area contributed by atoms with Gasteiger partial charge in [0.1, 0.15) is 5.52 Å². The molecule has 0 spiro atoms. The molecule has 1 heterocycles. The predicted octanol–water partition coefficient (Wildman–Crippen LogP) is 3.45. The summed E-state index contributed by atoms with van der Waals surface area (Å²) < 4.78 is 5.67. The van der Waals surface area contributed by atoms with Crippen molar-refractivity contribution in [3.05, 3.63) is 29.1 Å². The van der Waals surface area contributed by atoms with Crippen LogP contribution in [0.1, 0.15) is 31.1 Å². The number of nitrogens with zero attached hydrogens (tertiary/aromatic N) is 1. The molecule has 1 aromatic carbocycles. The number of aliphatic carboxylic acids is 1. The zero-order chi connectivity index (χ0) is 12.7. The number of benzene rings is 1. The van der Waals surface area contributed by atoms with Gasteiger partial charge in [0.2, 0.25) is 0 Å². The minimum Gasteiger partial charge on any atom is -0.481 e. The molecule has 2 aromatic rings. The summed E-state index contributed by atoms with van der Waals surface area (Å²) in [5.41, 5.74) is 1.32. The third-order valence-corrected chi connectivity index (χ3v) is 3.81. The van der Waals surface area contributed by atoms with E-state index in [-0.39, 0.29) is 11.8 Å². The van der Waals surface area contributed by atoms with Gasteiger partial charge in [-0.3, -0.25) is 4.79 Å². The summed E-state index contributed by atoms with van der Waals surface area (Å²) in [7, 11) is 0. The summed E-state index contributed by atoms with van der Waals surface area (Å²) >= 11 is 6.03. The lowest BCUT2D eigenvalue weighted by Crippen LogP contribution is -2.09. The van der Waals surface area contributed by atoms with E-state index in [2.05, 4.69) is 4.98 Å². The maximum Gasteiger partial charge on any atom is 0.306 e. The number of halogens is 1. The summed E-state index contributed by atoms with van der Waals surface area (Å²) in [6, 6.07) is 5.43. The highest BCUT2D eigenvalue weighted by molar-refractivity contribution is 6.34. The molecule has 18 heavy (non-hydrogen) atoms. The Balaban J connectivity index is 1.92. The van der Waals surface area contributed by atoms with Crippen molar-refractivity contribution in [2.75, 3.05) is 0 Å². The molecule has 1 saturated carbocycles.